The zero-order valence-corrected chi connectivity index (χ0v) is 26.5. The van der Waals surface area contributed by atoms with Crippen LogP contribution < -0.4 is 20.7 Å². The number of rotatable bonds is 9. The Bertz CT molecular complexity index is 1560. The van der Waals surface area contributed by atoms with Crippen LogP contribution in [0.5, 0.6) is 5.75 Å². The Balaban J connectivity index is 1.45. The summed E-state index contributed by atoms with van der Waals surface area (Å²) in [6.07, 6.45) is 3.60. The molecule has 0 unspecified atom stereocenters. The van der Waals surface area contributed by atoms with Gasteiger partial charge in [0.05, 0.1) is 31.2 Å². The lowest BCUT2D eigenvalue weighted by atomic mass is 10.1. The Hall–Kier alpha value is -2.97. The van der Waals surface area contributed by atoms with Crippen molar-refractivity contribution in [1.82, 2.24) is 20.2 Å². The van der Waals surface area contributed by atoms with E-state index in [0.29, 0.717) is 38.6 Å². The van der Waals surface area contributed by atoms with E-state index in [9.17, 15) is 13.2 Å². The average molecular weight is 691 g/mol. The first kappa shape index (κ1) is 29.5. The normalized spacial score (nSPS) is 17.2. The molecule has 2 aliphatic rings. The van der Waals surface area contributed by atoms with E-state index in [4.69, 9.17) is 4.74 Å². The number of nitrogens with zero attached hydrogens (tertiary/aromatic N) is 3. The zero-order valence-electron chi connectivity index (χ0n) is 23.6. The average Bonchev–Trinajstić information content (AvgIpc) is 3.26. The molecule has 0 aliphatic carbocycles. The zero-order chi connectivity index (χ0) is 29.3. The Morgan fingerprint density at radius 1 is 1.12 bits per heavy atom. The predicted molar refractivity (Wildman–Crippen MR) is 168 cm³/mol. The predicted octanol–water partition coefficient (Wildman–Crippen LogP) is 5.25. The lowest BCUT2D eigenvalue weighted by Gasteiger charge is -2.31. The smallest absolute Gasteiger partial charge is 0.254 e. The van der Waals surface area contributed by atoms with E-state index >= 15 is 0 Å². The minimum atomic E-state index is -3.52. The van der Waals surface area contributed by atoms with Crippen LogP contribution in [0.15, 0.2) is 47.5 Å². The maximum Gasteiger partial charge on any atom is 0.254 e. The number of hydrogen-bond acceptors (Lipinski definition) is 9. The molecule has 0 saturated carbocycles. The standard InChI is InChI=1S/C29H35IN6O4S/c1-17(2)40-25-12-19-16-36(20-8-7-11-31-14-20)28(37)21(19)13-24(25)34-29-32-15-22(30)27(35-29)33-23-9-5-6-10-26(23)41(38,39)18(3)4/h5-6,9-10,12-13,15,17-18,20,31H,7-8,11,14,16H2,1-4H3,(H2,32,33,34,35)/t20-/m0/s1. The largest absolute Gasteiger partial charge is 0.489 e. The summed E-state index contributed by atoms with van der Waals surface area (Å²) in [4.78, 5) is 24.7. The van der Waals surface area contributed by atoms with Crippen molar-refractivity contribution in [2.45, 2.75) is 69.4 Å². The summed E-state index contributed by atoms with van der Waals surface area (Å²) in [7, 11) is -3.52. The van der Waals surface area contributed by atoms with Crippen LogP contribution in [-0.2, 0) is 16.4 Å². The van der Waals surface area contributed by atoms with E-state index < -0.39 is 15.1 Å². The van der Waals surface area contributed by atoms with Gasteiger partial charge in [-0.2, -0.15) is 4.98 Å². The Morgan fingerprint density at radius 2 is 1.90 bits per heavy atom. The molecule has 1 aromatic heterocycles. The summed E-state index contributed by atoms with van der Waals surface area (Å²) in [6, 6.07) is 10.7. The summed E-state index contributed by atoms with van der Waals surface area (Å²) >= 11 is 2.11. The molecule has 0 bridgehead atoms. The monoisotopic (exact) mass is 690 g/mol. The summed E-state index contributed by atoms with van der Waals surface area (Å²) in [5.41, 5.74) is 2.61. The lowest BCUT2D eigenvalue weighted by molar-refractivity contribution is 0.0674. The number of para-hydroxylation sites is 1. The van der Waals surface area contributed by atoms with Gasteiger partial charge in [-0.1, -0.05) is 12.1 Å². The minimum absolute atomic E-state index is 0.0155. The molecule has 41 heavy (non-hydrogen) atoms. The number of fused-ring (bicyclic) bond motifs is 1. The SMILES string of the molecule is CC(C)Oc1cc2c(cc1Nc1ncc(I)c(Nc3ccccc3S(=O)(=O)C(C)C)n1)C(=O)N([C@H]1CCCNC1)C2. The van der Waals surface area contributed by atoms with E-state index in [1.54, 1.807) is 44.3 Å². The lowest BCUT2D eigenvalue weighted by Crippen LogP contribution is -2.46. The number of carbonyl (C=O) groups excluding carboxylic acids is 1. The first-order valence-electron chi connectivity index (χ1n) is 13.8. The van der Waals surface area contributed by atoms with Gasteiger partial charge in [-0.25, -0.2) is 13.4 Å². The molecule has 3 aromatic rings. The van der Waals surface area contributed by atoms with Crippen molar-refractivity contribution in [3.05, 3.63) is 57.3 Å². The fourth-order valence-corrected chi connectivity index (χ4v) is 6.64. The summed E-state index contributed by atoms with van der Waals surface area (Å²) in [5, 5.41) is 9.26. The van der Waals surface area contributed by atoms with Crippen molar-refractivity contribution >= 4 is 61.5 Å². The second kappa shape index (κ2) is 12.1. The molecular formula is C29H35IN6O4S. The highest BCUT2D eigenvalue weighted by molar-refractivity contribution is 14.1. The fraction of sp³-hybridized carbons (Fsp3) is 0.414. The van der Waals surface area contributed by atoms with Crippen LogP contribution in [0.1, 0.15) is 56.5 Å². The molecule has 1 fully saturated rings. The molecule has 218 valence electrons. The van der Waals surface area contributed by atoms with Crippen LogP contribution in [0.25, 0.3) is 0 Å². The molecule has 1 amide bonds. The van der Waals surface area contributed by atoms with Crippen molar-refractivity contribution in [2.75, 3.05) is 23.7 Å². The molecule has 3 heterocycles. The van der Waals surface area contributed by atoms with E-state index in [1.807, 2.05) is 30.9 Å². The van der Waals surface area contributed by atoms with Gasteiger partial charge in [0.15, 0.2) is 9.84 Å². The number of halogens is 1. The van der Waals surface area contributed by atoms with Crippen molar-refractivity contribution in [3.63, 3.8) is 0 Å². The maximum atomic E-state index is 13.4. The molecule has 2 aliphatic heterocycles. The van der Waals surface area contributed by atoms with Gasteiger partial charge >= 0.3 is 0 Å². The second-order valence-corrected chi connectivity index (χ2v) is 14.5. The van der Waals surface area contributed by atoms with Gasteiger partial charge in [0.2, 0.25) is 5.95 Å². The van der Waals surface area contributed by atoms with E-state index in [-0.39, 0.29) is 28.9 Å². The van der Waals surface area contributed by atoms with Crippen molar-refractivity contribution < 1.29 is 17.9 Å². The Morgan fingerprint density at radius 3 is 2.61 bits per heavy atom. The number of benzene rings is 2. The van der Waals surface area contributed by atoms with Crippen LogP contribution in [-0.4, -0.2) is 59.7 Å². The number of anilines is 4. The Kier molecular flexibility index (Phi) is 8.71. The number of amides is 1. The third-order valence-electron chi connectivity index (χ3n) is 7.17. The third kappa shape index (κ3) is 6.28. The molecule has 1 saturated heterocycles. The molecule has 10 nitrogen and oxygen atoms in total. The molecule has 12 heteroatoms. The highest BCUT2D eigenvalue weighted by Crippen LogP contribution is 2.37. The molecule has 5 rings (SSSR count). The topological polar surface area (TPSA) is 126 Å². The summed E-state index contributed by atoms with van der Waals surface area (Å²) < 4.78 is 32.8. The number of sulfone groups is 1. The van der Waals surface area contributed by atoms with Gasteiger partial charge in [0.25, 0.3) is 5.91 Å². The molecule has 0 spiro atoms. The van der Waals surface area contributed by atoms with Gasteiger partial charge in [0.1, 0.15) is 11.6 Å². The van der Waals surface area contributed by atoms with E-state index in [0.717, 1.165) is 31.5 Å². The van der Waals surface area contributed by atoms with Crippen LogP contribution in [0.2, 0.25) is 0 Å². The number of ether oxygens (including phenoxy) is 1. The molecule has 3 N–H and O–H groups in total. The second-order valence-electron chi connectivity index (χ2n) is 10.8. The molecule has 0 radical (unpaired) electrons. The quantitative estimate of drug-likeness (QED) is 0.259. The molecular weight excluding hydrogens is 655 g/mol. The van der Waals surface area contributed by atoms with Crippen LogP contribution >= 0.6 is 22.6 Å². The Labute approximate surface area is 254 Å². The van der Waals surface area contributed by atoms with Crippen molar-refractivity contribution in [2.24, 2.45) is 0 Å². The minimum Gasteiger partial charge on any atom is -0.489 e. The van der Waals surface area contributed by atoms with Gasteiger partial charge in [-0.05, 0) is 99.5 Å². The summed E-state index contributed by atoms with van der Waals surface area (Å²) in [5.74, 6) is 1.36. The van der Waals surface area contributed by atoms with Gasteiger partial charge in [-0.3, -0.25) is 4.79 Å². The first-order valence-corrected chi connectivity index (χ1v) is 16.4. The van der Waals surface area contributed by atoms with E-state index in [1.165, 1.54) is 0 Å². The van der Waals surface area contributed by atoms with Gasteiger partial charge in [0, 0.05) is 30.9 Å². The highest BCUT2D eigenvalue weighted by Gasteiger charge is 2.34. The first-order chi connectivity index (χ1) is 19.5. The van der Waals surface area contributed by atoms with Crippen molar-refractivity contribution in [3.8, 4) is 5.75 Å². The van der Waals surface area contributed by atoms with Gasteiger partial charge in [-0.15, -0.1) is 0 Å². The number of hydrogen-bond donors (Lipinski definition) is 3. The van der Waals surface area contributed by atoms with Crippen LogP contribution in [0.3, 0.4) is 0 Å². The van der Waals surface area contributed by atoms with Crippen LogP contribution in [0.4, 0.5) is 23.1 Å². The molecule has 1 atom stereocenters. The van der Waals surface area contributed by atoms with Crippen molar-refractivity contribution in [1.29, 1.82) is 0 Å². The van der Waals surface area contributed by atoms with Crippen LogP contribution in [0, 0.1) is 3.57 Å². The number of piperidine rings is 1. The maximum absolute atomic E-state index is 13.4. The van der Waals surface area contributed by atoms with E-state index in [2.05, 4.69) is 48.5 Å². The summed E-state index contributed by atoms with van der Waals surface area (Å²) in [6.45, 7) is 9.56. The number of carbonyl (C=O) groups is 1. The number of aromatic nitrogens is 2. The molecule has 2 aromatic carbocycles. The van der Waals surface area contributed by atoms with Gasteiger partial charge < -0.3 is 25.6 Å². The third-order valence-corrected chi connectivity index (χ3v) is 10.2. The fourth-order valence-electron chi connectivity index (χ4n) is 5.04. The highest BCUT2D eigenvalue weighted by atomic mass is 127. The number of nitrogens with one attached hydrogen (secondary N) is 3.